The molecule has 0 aliphatic carbocycles. The van der Waals surface area contributed by atoms with Crippen LogP contribution in [0.2, 0.25) is 5.02 Å². The topological polar surface area (TPSA) is 57.4 Å². The molecule has 0 aliphatic rings. The van der Waals surface area contributed by atoms with E-state index in [9.17, 15) is 13.2 Å². The lowest BCUT2D eigenvalue weighted by molar-refractivity contribution is -0.153. The van der Waals surface area contributed by atoms with Gasteiger partial charge < -0.3 is 14.0 Å². The molecule has 1 aromatic heterocycles. The molecule has 0 fully saturated rings. The summed E-state index contributed by atoms with van der Waals surface area (Å²) in [6.45, 7) is 2.46. The fraction of sp³-hybridized carbons (Fsp3) is 0.263. The normalized spacial score (nSPS) is 11.7. The number of benzene rings is 2. The van der Waals surface area contributed by atoms with Crippen LogP contribution in [0.1, 0.15) is 13.8 Å². The van der Waals surface area contributed by atoms with Gasteiger partial charge in [0.05, 0.1) is 14.7 Å². The van der Waals surface area contributed by atoms with Crippen LogP contribution in [0.15, 0.2) is 40.9 Å². The number of alkyl halides is 3. The Morgan fingerprint density at radius 2 is 1.79 bits per heavy atom. The SMILES string of the molecule is CC(C)Oc1ccc(-c2noc(-c3ccc(OCC(F)(F)F)c(Cl)c3)n2)cc1I. The van der Waals surface area contributed by atoms with Gasteiger partial charge in [-0.25, -0.2) is 0 Å². The zero-order chi connectivity index (χ0) is 21.2. The average molecular weight is 539 g/mol. The first-order chi connectivity index (χ1) is 13.6. The maximum Gasteiger partial charge on any atom is 0.422 e. The van der Waals surface area contributed by atoms with E-state index >= 15 is 0 Å². The zero-order valence-electron chi connectivity index (χ0n) is 15.3. The minimum atomic E-state index is -4.45. The smallest absolute Gasteiger partial charge is 0.422 e. The molecule has 0 saturated carbocycles. The molecule has 3 aromatic rings. The van der Waals surface area contributed by atoms with E-state index < -0.39 is 12.8 Å². The van der Waals surface area contributed by atoms with E-state index in [1.54, 1.807) is 0 Å². The van der Waals surface area contributed by atoms with Gasteiger partial charge in [0.2, 0.25) is 5.82 Å². The van der Waals surface area contributed by atoms with Gasteiger partial charge in [-0.05, 0) is 72.8 Å². The number of halogens is 5. The molecule has 0 radical (unpaired) electrons. The monoisotopic (exact) mass is 538 g/mol. The molecule has 0 atom stereocenters. The summed E-state index contributed by atoms with van der Waals surface area (Å²) in [5, 5.41) is 3.97. The molecule has 29 heavy (non-hydrogen) atoms. The third-order valence-electron chi connectivity index (χ3n) is 3.55. The van der Waals surface area contributed by atoms with Gasteiger partial charge in [-0.15, -0.1) is 0 Å². The van der Waals surface area contributed by atoms with E-state index in [-0.39, 0.29) is 22.8 Å². The molecule has 0 bridgehead atoms. The predicted molar refractivity (Wildman–Crippen MR) is 110 cm³/mol. The third kappa shape index (κ3) is 5.75. The molecule has 1 heterocycles. The highest BCUT2D eigenvalue weighted by Gasteiger charge is 2.28. The van der Waals surface area contributed by atoms with Gasteiger partial charge in [0.1, 0.15) is 11.5 Å². The first kappa shape index (κ1) is 21.7. The van der Waals surface area contributed by atoms with E-state index in [0.29, 0.717) is 11.4 Å². The second-order valence-corrected chi connectivity index (χ2v) is 7.85. The van der Waals surface area contributed by atoms with Crippen molar-refractivity contribution in [2.24, 2.45) is 0 Å². The van der Waals surface area contributed by atoms with Gasteiger partial charge in [-0.3, -0.25) is 0 Å². The second kappa shape index (κ2) is 8.78. The number of hydrogen-bond donors (Lipinski definition) is 0. The summed E-state index contributed by atoms with van der Waals surface area (Å²) in [6.07, 6.45) is -4.39. The maximum atomic E-state index is 12.3. The number of rotatable bonds is 6. The van der Waals surface area contributed by atoms with Crippen LogP contribution in [-0.4, -0.2) is 29.0 Å². The Labute approximate surface area is 183 Å². The molecule has 0 aliphatic heterocycles. The van der Waals surface area contributed by atoms with Crippen molar-refractivity contribution < 1.29 is 27.2 Å². The van der Waals surface area contributed by atoms with Gasteiger partial charge >= 0.3 is 6.18 Å². The Hall–Kier alpha value is -2.01. The molecule has 5 nitrogen and oxygen atoms in total. The molecule has 3 rings (SSSR count). The summed E-state index contributed by atoms with van der Waals surface area (Å²) in [5.41, 5.74) is 1.19. The number of ether oxygens (including phenoxy) is 2. The van der Waals surface area contributed by atoms with Crippen molar-refractivity contribution in [1.82, 2.24) is 10.1 Å². The average Bonchev–Trinajstić information content (AvgIpc) is 3.11. The zero-order valence-corrected chi connectivity index (χ0v) is 18.2. The standard InChI is InChI=1S/C19H15ClF3IN2O3/c1-10(2)28-16-6-3-11(8-14(16)24)17-25-18(29-26-17)12-4-5-15(13(20)7-12)27-9-19(21,22)23/h3-8,10H,9H2,1-2H3. The van der Waals surface area contributed by atoms with Crippen molar-refractivity contribution in [2.75, 3.05) is 6.61 Å². The largest absolute Gasteiger partial charge is 0.490 e. The van der Waals surface area contributed by atoms with Crippen LogP contribution in [0.3, 0.4) is 0 Å². The van der Waals surface area contributed by atoms with Crippen LogP contribution < -0.4 is 9.47 Å². The second-order valence-electron chi connectivity index (χ2n) is 6.28. The Morgan fingerprint density at radius 1 is 1.10 bits per heavy atom. The van der Waals surface area contributed by atoms with Crippen molar-refractivity contribution in [1.29, 1.82) is 0 Å². The summed E-state index contributed by atoms with van der Waals surface area (Å²) in [4.78, 5) is 4.34. The lowest BCUT2D eigenvalue weighted by Crippen LogP contribution is -2.19. The summed E-state index contributed by atoms with van der Waals surface area (Å²) in [6, 6.07) is 9.75. The first-order valence-electron chi connectivity index (χ1n) is 8.42. The quantitative estimate of drug-likeness (QED) is 0.341. The van der Waals surface area contributed by atoms with Gasteiger partial charge in [0.15, 0.2) is 6.61 Å². The lowest BCUT2D eigenvalue weighted by Gasteiger charge is -2.11. The van der Waals surface area contributed by atoms with Crippen LogP contribution >= 0.6 is 34.2 Å². The van der Waals surface area contributed by atoms with Crippen molar-refractivity contribution >= 4 is 34.2 Å². The Balaban J connectivity index is 1.79. The Kier molecular flexibility index (Phi) is 6.57. The molecule has 0 amide bonds. The van der Waals surface area contributed by atoms with Gasteiger partial charge in [-0.1, -0.05) is 16.8 Å². The van der Waals surface area contributed by atoms with E-state index in [0.717, 1.165) is 14.9 Å². The molecule has 0 N–H and O–H groups in total. The van der Waals surface area contributed by atoms with Crippen molar-refractivity contribution in [2.45, 2.75) is 26.1 Å². The maximum absolute atomic E-state index is 12.3. The third-order valence-corrected chi connectivity index (χ3v) is 4.69. The van der Waals surface area contributed by atoms with Gasteiger partial charge in [-0.2, -0.15) is 18.2 Å². The summed E-state index contributed by atoms with van der Waals surface area (Å²) in [5.74, 6) is 1.22. The van der Waals surface area contributed by atoms with Crippen molar-refractivity contribution in [3.8, 4) is 34.3 Å². The number of nitrogens with zero attached hydrogens (tertiary/aromatic N) is 2. The number of hydrogen-bond acceptors (Lipinski definition) is 5. The molecular formula is C19H15ClF3IN2O3. The molecule has 2 aromatic carbocycles. The van der Waals surface area contributed by atoms with Crippen molar-refractivity contribution in [3.05, 3.63) is 45.0 Å². The Bertz CT molecular complexity index is 1010. The minimum Gasteiger partial charge on any atom is -0.490 e. The van der Waals surface area contributed by atoms with Crippen LogP contribution in [-0.2, 0) is 0 Å². The fourth-order valence-electron chi connectivity index (χ4n) is 2.36. The van der Waals surface area contributed by atoms with E-state index in [4.69, 9.17) is 20.9 Å². The highest BCUT2D eigenvalue weighted by Crippen LogP contribution is 2.32. The molecule has 10 heteroatoms. The van der Waals surface area contributed by atoms with Crippen molar-refractivity contribution in [3.63, 3.8) is 0 Å². The predicted octanol–water partition coefficient (Wildman–Crippen LogP) is 6.39. The highest BCUT2D eigenvalue weighted by atomic mass is 127. The van der Waals surface area contributed by atoms with E-state index in [2.05, 4.69) is 37.5 Å². The van der Waals surface area contributed by atoms with E-state index in [1.807, 2.05) is 32.0 Å². The van der Waals surface area contributed by atoms with Gasteiger partial charge in [0, 0.05) is 11.1 Å². The molecule has 0 unspecified atom stereocenters. The van der Waals surface area contributed by atoms with Gasteiger partial charge in [0.25, 0.3) is 5.89 Å². The number of aromatic nitrogens is 2. The summed E-state index contributed by atoms with van der Waals surface area (Å²) < 4.78 is 53.4. The molecule has 0 saturated heterocycles. The fourth-order valence-corrected chi connectivity index (χ4v) is 3.24. The first-order valence-corrected chi connectivity index (χ1v) is 9.88. The molecular weight excluding hydrogens is 524 g/mol. The molecule has 0 spiro atoms. The highest BCUT2D eigenvalue weighted by molar-refractivity contribution is 14.1. The molecule has 154 valence electrons. The lowest BCUT2D eigenvalue weighted by atomic mass is 10.2. The summed E-state index contributed by atoms with van der Waals surface area (Å²) in [7, 11) is 0. The van der Waals surface area contributed by atoms with Crippen LogP contribution in [0.25, 0.3) is 22.8 Å². The minimum absolute atomic E-state index is 0.0104. The Morgan fingerprint density at radius 3 is 2.41 bits per heavy atom. The van der Waals surface area contributed by atoms with Crippen LogP contribution in [0.5, 0.6) is 11.5 Å². The van der Waals surface area contributed by atoms with Crippen LogP contribution in [0.4, 0.5) is 13.2 Å². The van der Waals surface area contributed by atoms with E-state index in [1.165, 1.54) is 18.2 Å². The summed E-state index contributed by atoms with van der Waals surface area (Å²) >= 11 is 8.18. The van der Waals surface area contributed by atoms with Crippen LogP contribution in [0, 0.1) is 3.57 Å².